The summed E-state index contributed by atoms with van der Waals surface area (Å²) >= 11 is 0. The van der Waals surface area contributed by atoms with Crippen LogP contribution in [0, 0.1) is 5.92 Å². The number of carboxylic acids is 1. The van der Waals surface area contributed by atoms with Gasteiger partial charge >= 0.3 is 5.97 Å². The lowest BCUT2D eigenvalue weighted by Gasteiger charge is -2.14. The first-order valence-electron chi connectivity index (χ1n) is 6.36. The monoisotopic (exact) mass is 236 g/mol. The summed E-state index contributed by atoms with van der Waals surface area (Å²) in [5.41, 5.74) is 0.833. The quantitative estimate of drug-likeness (QED) is 0.874. The molecular formula is C13H20N2O2. The molecule has 2 rings (SSSR count). The molecule has 0 aliphatic heterocycles. The molecule has 4 nitrogen and oxygen atoms in total. The van der Waals surface area contributed by atoms with Gasteiger partial charge in [-0.15, -0.1) is 0 Å². The van der Waals surface area contributed by atoms with Crippen molar-refractivity contribution in [1.82, 2.24) is 9.78 Å². The van der Waals surface area contributed by atoms with Crippen LogP contribution in [0.4, 0.5) is 0 Å². The zero-order chi connectivity index (χ0) is 12.4. The molecule has 94 valence electrons. The molecule has 17 heavy (non-hydrogen) atoms. The molecule has 0 amide bonds. The van der Waals surface area contributed by atoms with Gasteiger partial charge in [0.25, 0.3) is 0 Å². The first-order valence-corrected chi connectivity index (χ1v) is 6.36. The van der Waals surface area contributed by atoms with Crippen LogP contribution in [0.2, 0.25) is 0 Å². The Morgan fingerprint density at radius 1 is 1.47 bits per heavy atom. The van der Waals surface area contributed by atoms with Gasteiger partial charge in [0.15, 0.2) is 0 Å². The Kier molecular flexibility index (Phi) is 3.50. The van der Waals surface area contributed by atoms with E-state index in [0.29, 0.717) is 6.04 Å². The third kappa shape index (κ3) is 2.51. The maximum Gasteiger partial charge on any atom is 0.311 e. The van der Waals surface area contributed by atoms with Crippen LogP contribution >= 0.6 is 0 Å². The van der Waals surface area contributed by atoms with Crippen molar-refractivity contribution < 1.29 is 9.90 Å². The highest BCUT2D eigenvalue weighted by atomic mass is 16.4. The molecule has 1 aromatic heterocycles. The summed E-state index contributed by atoms with van der Waals surface area (Å²) in [5, 5.41) is 13.6. The molecule has 4 heteroatoms. The minimum absolute atomic E-state index is 0.0914. The van der Waals surface area contributed by atoms with E-state index in [0.717, 1.165) is 5.56 Å². The van der Waals surface area contributed by atoms with E-state index < -0.39 is 11.9 Å². The summed E-state index contributed by atoms with van der Waals surface area (Å²) in [6.45, 7) is 3.87. The van der Waals surface area contributed by atoms with Crippen LogP contribution in [-0.2, 0) is 4.79 Å². The summed E-state index contributed by atoms with van der Waals surface area (Å²) in [4.78, 5) is 11.2. The molecular weight excluding hydrogens is 216 g/mol. The number of nitrogens with zero attached hydrogens (tertiary/aromatic N) is 2. The van der Waals surface area contributed by atoms with Crippen molar-refractivity contribution in [3.63, 3.8) is 0 Å². The van der Waals surface area contributed by atoms with E-state index in [4.69, 9.17) is 0 Å². The molecule has 0 bridgehead atoms. The highest BCUT2D eigenvalue weighted by Gasteiger charge is 2.26. The Balaban J connectivity index is 2.18. The first kappa shape index (κ1) is 12.1. The van der Waals surface area contributed by atoms with Gasteiger partial charge in [-0.2, -0.15) is 5.10 Å². The van der Waals surface area contributed by atoms with Crippen LogP contribution in [0.15, 0.2) is 12.4 Å². The molecule has 1 aliphatic carbocycles. The standard InChI is InChI=1S/C13H20N2O2/c1-9(2)12(13(16)17)10-7-14-15(8-10)11-5-3-4-6-11/h7-9,11-12H,3-6H2,1-2H3,(H,16,17). The summed E-state index contributed by atoms with van der Waals surface area (Å²) in [7, 11) is 0. The second kappa shape index (κ2) is 4.90. The number of carboxylic acid groups (broad SMARTS) is 1. The zero-order valence-corrected chi connectivity index (χ0v) is 10.5. The van der Waals surface area contributed by atoms with Gasteiger partial charge < -0.3 is 5.11 Å². The lowest BCUT2D eigenvalue weighted by atomic mass is 9.91. The van der Waals surface area contributed by atoms with Crippen molar-refractivity contribution in [2.45, 2.75) is 51.5 Å². The number of hydrogen-bond acceptors (Lipinski definition) is 2. The fourth-order valence-corrected chi connectivity index (χ4v) is 2.69. The minimum atomic E-state index is -0.758. The summed E-state index contributed by atoms with van der Waals surface area (Å²) < 4.78 is 1.96. The van der Waals surface area contributed by atoms with E-state index in [2.05, 4.69) is 5.10 Å². The topological polar surface area (TPSA) is 55.1 Å². The van der Waals surface area contributed by atoms with Crippen LogP contribution in [-0.4, -0.2) is 20.9 Å². The van der Waals surface area contributed by atoms with Crippen molar-refractivity contribution in [3.8, 4) is 0 Å². The molecule has 1 unspecified atom stereocenters. The minimum Gasteiger partial charge on any atom is -0.481 e. The van der Waals surface area contributed by atoms with Crippen molar-refractivity contribution in [1.29, 1.82) is 0 Å². The number of rotatable bonds is 4. The Hall–Kier alpha value is -1.32. The molecule has 1 heterocycles. The van der Waals surface area contributed by atoms with Gasteiger partial charge in [-0.25, -0.2) is 0 Å². The molecule has 1 N–H and O–H groups in total. The lowest BCUT2D eigenvalue weighted by molar-refractivity contribution is -0.139. The lowest BCUT2D eigenvalue weighted by Crippen LogP contribution is -2.17. The summed E-state index contributed by atoms with van der Waals surface area (Å²) in [6, 6.07) is 0.477. The second-order valence-corrected chi connectivity index (χ2v) is 5.25. The maximum atomic E-state index is 11.2. The largest absolute Gasteiger partial charge is 0.481 e. The number of carbonyl (C=O) groups is 1. The average molecular weight is 236 g/mol. The van der Waals surface area contributed by atoms with E-state index in [1.807, 2.05) is 24.7 Å². The van der Waals surface area contributed by atoms with Gasteiger partial charge in [0, 0.05) is 11.8 Å². The van der Waals surface area contributed by atoms with Crippen molar-refractivity contribution in [2.24, 2.45) is 5.92 Å². The molecule has 0 spiro atoms. The van der Waals surface area contributed by atoms with Crippen LogP contribution in [0.25, 0.3) is 0 Å². The Bertz CT molecular complexity index is 392. The van der Waals surface area contributed by atoms with Crippen molar-refractivity contribution in [3.05, 3.63) is 18.0 Å². The third-order valence-corrected chi connectivity index (χ3v) is 3.61. The average Bonchev–Trinajstić information content (AvgIpc) is 2.83. The summed E-state index contributed by atoms with van der Waals surface area (Å²) in [5.74, 6) is -1.11. The van der Waals surface area contributed by atoms with E-state index >= 15 is 0 Å². The van der Waals surface area contributed by atoms with Crippen molar-refractivity contribution in [2.75, 3.05) is 0 Å². The highest BCUT2D eigenvalue weighted by Crippen LogP contribution is 2.31. The predicted molar refractivity (Wildman–Crippen MR) is 64.9 cm³/mol. The molecule has 1 aromatic rings. The number of hydrogen-bond donors (Lipinski definition) is 1. The molecule has 1 atom stereocenters. The Morgan fingerprint density at radius 3 is 2.65 bits per heavy atom. The molecule has 1 fully saturated rings. The maximum absolute atomic E-state index is 11.2. The fourth-order valence-electron chi connectivity index (χ4n) is 2.69. The van der Waals surface area contributed by atoms with E-state index in [1.165, 1.54) is 25.7 Å². The summed E-state index contributed by atoms with van der Waals surface area (Å²) in [6.07, 6.45) is 8.49. The smallest absolute Gasteiger partial charge is 0.311 e. The van der Waals surface area contributed by atoms with E-state index in [1.54, 1.807) is 6.20 Å². The normalized spacial score (nSPS) is 18.8. The van der Waals surface area contributed by atoms with Gasteiger partial charge in [0.05, 0.1) is 18.2 Å². The number of aliphatic carboxylic acids is 1. The molecule has 0 radical (unpaired) electrons. The molecule has 0 saturated heterocycles. The van der Waals surface area contributed by atoms with E-state index in [9.17, 15) is 9.90 Å². The fraction of sp³-hybridized carbons (Fsp3) is 0.692. The van der Waals surface area contributed by atoms with Crippen molar-refractivity contribution >= 4 is 5.97 Å². The predicted octanol–water partition coefficient (Wildman–Crippen LogP) is 2.82. The van der Waals surface area contributed by atoms with Gasteiger partial charge in [-0.3, -0.25) is 9.48 Å². The SMILES string of the molecule is CC(C)C(C(=O)O)c1cnn(C2CCCC2)c1. The van der Waals surface area contributed by atoms with E-state index in [-0.39, 0.29) is 5.92 Å². The molecule has 1 saturated carbocycles. The van der Waals surface area contributed by atoms with Crippen LogP contribution in [0.1, 0.15) is 57.1 Å². The zero-order valence-electron chi connectivity index (χ0n) is 10.5. The third-order valence-electron chi connectivity index (χ3n) is 3.61. The number of aromatic nitrogens is 2. The van der Waals surface area contributed by atoms with Gasteiger partial charge in [0.2, 0.25) is 0 Å². The van der Waals surface area contributed by atoms with Crippen LogP contribution < -0.4 is 0 Å². The Morgan fingerprint density at radius 2 is 2.12 bits per heavy atom. The van der Waals surface area contributed by atoms with Gasteiger partial charge in [0.1, 0.15) is 0 Å². The van der Waals surface area contributed by atoms with Gasteiger partial charge in [-0.1, -0.05) is 26.7 Å². The highest BCUT2D eigenvalue weighted by molar-refractivity contribution is 5.76. The first-order chi connectivity index (χ1) is 8.09. The second-order valence-electron chi connectivity index (χ2n) is 5.25. The molecule has 1 aliphatic rings. The van der Waals surface area contributed by atoms with Crippen LogP contribution in [0.5, 0.6) is 0 Å². The Labute approximate surface area is 102 Å². The molecule has 0 aromatic carbocycles. The van der Waals surface area contributed by atoms with Gasteiger partial charge in [-0.05, 0) is 18.8 Å². The van der Waals surface area contributed by atoms with Crippen LogP contribution in [0.3, 0.4) is 0 Å².